The molecular formula is C29H31N5O6S. The van der Waals surface area contributed by atoms with Crippen LogP contribution in [0.5, 0.6) is 17.4 Å². The van der Waals surface area contributed by atoms with Crippen molar-refractivity contribution in [3.63, 3.8) is 0 Å². The van der Waals surface area contributed by atoms with E-state index < -0.39 is 15.9 Å². The van der Waals surface area contributed by atoms with Crippen LogP contribution in [0, 0.1) is 0 Å². The molecule has 0 spiro atoms. The highest BCUT2D eigenvalue weighted by Gasteiger charge is 2.29. The van der Waals surface area contributed by atoms with Gasteiger partial charge in [-0.15, -0.1) is 10.2 Å². The topological polar surface area (TPSA) is 135 Å². The molecule has 2 aromatic heterocycles. The highest BCUT2D eigenvalue weighted by Crippen LogP contribution is 2.36. The first-order chi connectivity index (χ1) is 19.8. The number of nitrogens with zero attached hydrogens (tertiary/aromatic N) is 4. The molecular weight excluding hydrogens is 546 g/mol. The number of amides is 1. The maximum Gasteiger partial charge on any atom is 0.303 e. The van der Waals surface area contributed by atoms with Gasteiger partial charge >= 0.3 is 5.91 Å². The normalized spacial score (nSPS) is 11.7. The van der Waals surface area contributed by atoms with Crippen molar-refractivity contribution in [2.75, 3.05) is 26.6 Å². The third-order valence-electron chi connectivity index (χ3n) is 5.96. The van der Waals surface area contributed by atoms with Gasteiger partial charge in [0.2, 0.25) is 21.7 Å². The number of rotatable bonds is 12. The van der Waals surface area contributed by atoms with Crippen LogP contribution >= 0.6 is 0 Å². The van der Waals surface area contributed by atoms with Crippen LogP contribution in [0.1, 0.15) is 36.5 Å². The van der Waals surface area contributed by atoms with Crippen LogP contribution in [0.4, 0.5) is 0 Å². The number of para-hydroxylation sites is 1. The summed E-state index contributed by atoms with van der Waals surface area (Å²) in [6, 6.07) is 19.7. The van der Waals surface area contributed by atoms with Crippen molar-refractivity contribution in [2.45, 2.75) is 20.3 Å². The van der Waals surface area contributed by atoms with Gasteiger partial charge in [-0.05, 0) is 44.0 Å². The molecule has 11 nitrogen and oxygen atoms in total. The van der Waals surface area contributed by atoms with E-state index in [0.29, 0.717) is 35.4 Å². The summed E-state index contributed by atoms with van der Waals surface area (Å²) in [7, 11) is -1.11. The van der Waals surface area contributed by atoms with Gasteiger partial charge in [-0.3, -0.25) is 9.36 Å². The minimum Gasteiger partial charge on any atom is -0.494 e. The lowest BCUT2D eigenvalue weighted by molar-refractivity contribution is 0.0969. The number of sulfonamides is 1. The van der Waals surface area contributed by atoms with Crippen molar-refractivity contribution >= 4 is 22.0 Å². The lowest BCUT2D eigenvalue weighted by Gasteiger charge is -2.17. The number of hydrogen-bond acceptors (Lipinski definition) is 9. The number of hydrogen-bond donors (Lipinski definition) is 1. The van der Waals surface area contributed by atoms with Crippen LogP contribution in [-0.2, 0) is 10.0 Å². The standard InChI is InChI=1S/C29H31N5O6S/c1-5-40-25-16-9-13-22(30-25)27-31-32-28(34(27)26-23(38-3)14-10-15-24(26)39-4)29(35)33-41(36,37)18-17-20(2)19-21-11-7-6-8-12-21/h6-16,19H,5,17-18H2,1-4H3,(H,33,35)/b20-19-. The number of carbonyl (C=O) groups is 1. The first-order valence-corrected chi connectivity index (χ1v) is 14.5. The summed E-state index contributed by atoms with van der Waals surface area (Å²) in [6.07, 6.45) is 2.13. The third kappa shape index (κ3) is 7.09. The lowest BCUT2D eigenvalue weighted by Crippen LogP contribution is -2.34. The monoisotopic (exact) mass is 577 g/mol. The van der Waals surface area contributed by atoms with E-state index in [1.807, 2.05) is 50.3 Å². The fraction of sp³-hybridized carbons (Fsp3) is 0.241. The summed E-state index contributed by atoms with van der Waals surface area (Å²) >= 11 is 0. The molecule has 0 radical (unpaired) electrons. The highest BCUT2D eigenvalue weighted by molar-refractivity contribution is 7.90. The van der Waals surface area contributed by atoms with Crippen LogP contribution in [0.3, 0.4) is 0 Å². The average molecular weight is 578 g/mol. The average Bonchev–Trinajstić information content (AvgIpc) is 3.41. The Morgan fingerprint density at radius 1 is 0.951 bits per heavy atom. The van der Waals surface area contributed by atoms with Gasteiger partial charge in [-0.1, -0.05) is 54.1 Å². The first kappa shape index (κ1) is 29.3. The third-order valence-corrected chi connectivity index (χ3v) is 7.20. The summed E-state index contributed by atoms with van der Waals surface area (Å²) in [5, 5.41) is 8.27. The molecule has 4 rings (SSSR count). The molecule has 2 heterocycles. The van der Waals surface area contributed by atoms with Crippen LogP contribution < -0.4 is 18.9 Å². The van der Waals surface area contributed by atoms with Crippen LogP contribution in [0.25, 0.3) is 23.3 Å². The molecule has 2 aromatic carbocycles. The number of nitrogens with one attached hydrogen (secondary N) is 1. The van der Waals surface area contributed by atoms with E-state index in [9.17, 15) is 13.2 Å². The summed E-state index contributed by atoms with van der Waals surface area (Å²) < 4.78 is 46.1. The molecule has 0 aliphatic carbocycles. The van der Waals surface area contributed by atoms with Gasteiger partial charge in [0.15, 0.2) is 5.82 Å². The second-order valence-corrected chi connectivity index (χ2v) is 10.7. The van der Waals surface area contributed by atoms with E-state index in [1.165, 1.54) is 18.8 Å². The number of aromatic nitrogens is 4. The molecule has 0 fully saturated rings. The van der Waals surface area contributed by atoms with Crippen molar-refractivity contribution < 1.29 is 27.4 Å². The molecule has 0 atom stereocenters. The van der Waals surface area contributed by atoms with Crippen molar-refractivity contribution in [1.29, 1.82) is 0 Å². The van der Waals surface area contributed by atoms with E-state index in [1.54, 1.807) is 36.4 Å². The molecule has 0 unspecified atom stereocenters. The molecule has 4 aromatic rings. The van der Waals surface area contributed by atoms with E-state index >= 15 is 0 Å². The summed E-state index contributed by atoms with van der Waals surface area (Å²) in [5.74, 6) is -0.397. The zero-order valence-electron chi connectivity index (χ0n) is 23.2. The molecule has 0 bridgehead atoms. The minimum atomic E-state index is -4.04. The van der Waals surface area contributed by atoms with Gasteiger partial charge < -0.3 is 14.2 Å². The second kappa shape index (κ2) is 13.1. The van der Waals surface area contributed by atoms with Crippen molar-refractivity contribution in [2.24, 2.45) is 0 Å². The SMILES string of the molecule is CCOc1cccc(-c2nnc(C(=O)NS(=O)(=O)CC/C(C)=C\c3ccccc3)n2-c2c(OC)cccc2OC)n1. The number of methoxy groups -OCH3 is 2. The van der Waals surface area contributed by atoms with Crippen LogP contribution in [0.15, 0.2) is 72.3 Å². The quantitative estimate of drug-likeness (QED) is 0.261. The fourth-order valence-electron chi connectivity index (χ4n) is 4.07. The smallest absolute Gasteiger partial charge is 0.303 e. The molecule has 0 aliphatic heterocycles. The van der Waals surface area contributed by atoms with Crippen molar-refractivity contribution in [3.05, 3.63) is 83.7 Å². The van der Waals surface area contributed by atoms with E-state index in [2.05, 4.69) is 19.9 Å². The maximum atomic E-state index is 13.4. The maximum absolute atomic E-state index is 13.4. The molecule has 1 amide bonds. The number of pyridine rings is 1. The van der Waals surface area contributed by atoms with Crippen molar-refractivity contribution in [3.8, 4) is 34.6 Å². The Hall–Kier alpha value is -4.71. The van der Waals surface area contributed by atoms with E-state index in [-0.39, 0.29) is 23.8 Å². The molecule has 214 valence electrons. The Balaban J connectivity index is 1.71. The number of benzene rings is 2. The van der Waals surface area contributed by atoms with Gasteiger partial charge in [-0.25, -0.2) is 18.1 Å². The summed E-state index contributed by atoms with van der Waals surface area (Å²) in [4.78, 5) is 17.9. The zero-order valence-corrected chi connectivity index (χ0v) is 24.0. The Bertz CT molecular complexity index is 1630. The number of allylic oxidation sites excluding steroid dienone is 1. The summed E-state index contributed by atoms with van der Waals surface area (Å²) in [6.45, 7) is 4.07. The highest BCUT2D eigenvalue weighted by atomic mass is 32.2. The molecule has 0 saturated carbocycles. The molecule has 12 heteroatoms. The zero-order chi connectivity index (χ0) is 29.4. The Kier molecular flexibility index (Phi) is 9.35. The van der Waals surface area contributed by atoms with E-state index in [0.717, 1.165) is 11.1 Å². The van der Waals surface area contributed by atoms with Gasteiger partial charge in [0.1, 0.15) is 22.9 Å². The minimum absolute atomic E-state index is 0.151. The predicted octanol–water partition coefficient (Wildman–Crippen LogP) is 4.30. The van der Waals surface area contributed by atoms with Gasteiger partial charge in [0.25, 0.3) is 0 Å². The molecule has 0 saturated heterocycles. The van der Waals surface area contributed by atoms with Crippen LogP contribution in [-0.4, -0.2) is 60.7 Å². The number of carbonyl (C=O) groups excluding carboxylic acids is 1. The van der Waals surface area contributed by atoms with Gasteiger partial charge in [0.05, 0.1) is 26.6 Å². The first-order valence-electron chi connectivity index (χ1n) is 12.8. The molecule has 1 N–H and O–H groups in total. The van der Waals surface area contributed by atoms with Gasteiger partial charge in [0, 0.05) is 6.07 Å². The molecule has 41 heavy (non-hydrogen) atoms. The predicted molar refractivity (Wildman–Crippen MR) is 155 cm³/mol. The second-order valence-electron chi connectivity index (χ2n) is 8.89. The molecule has 0 aliphatic rings. The van der Waals surface area contributed by atoms with Crippen molar-refractivity contribution in [1.82, 2.24) is 24.5 Å². The summed E-state index contributed by atoms with van der Waals surface area (Å²) in [5.41, 5.74) is 2.43. The van der Waals surface area contributed by atoms with Gasteiger partial charge in [-0.2, -0.15) is 0 Å². The van der Waals surface area contributed by atoms with Crippen LogP contribution in [0.2, 0.25) is 0 Å². The Labute approximate surface area is 238 Å². The Morgan fingerprint density at radius 2 is 1.63 bits per heavy atom. The van der Waals surface area contributed by atoms with E-state index in [4.69, 9.17) is 14.2 Å². The lowest BCUT2D eigenvalue weighted by atomic mass is 10.1. The fourth-order valence-corrected chi connectivity index (χ4v) is 5.13. The largest absolute Gasteiger partial charge is 0.494 e. The Morgan fingerprint density at radius 3 is 2.29 bits per heavy atom. The number of ether oxygens (including phenoxy) is 3.